The van der Waals surface area contributed by atoms with Crippen LogP contribution in [-0.4, -0.2) is 67.9 Å². The van der Waals surface area contributed by atoms with E-state index in [1.807, 2.05) is 26.0 Å². The van der Waals surface area contributed by atoms with Gasteiger partial charge in [-0.05, 0) is 69.3 Å². The van der Waals surface area contributed by atoms with Crippen LogP contribution < -0.4 is 21.3 Å². The maximum atomic E-state index is 13.0. The van der Waals surface area contributed by atoms with Gasteiger partial charge in [-0.3, -0.25) is 19.3 Å². The lowest BCUT2D eigenvalue weighted by atomic mass is 9.83. The minimum atomic E-state index is -0.143. The maximum Gasteiger partial charge on any atom is 0.251 e. The summed E-state index contributed by atoms with van der Waals surface area (Å²) in [5, 5.41) is 6.36. The van der Waals surface area contributed by atoms with Crippen molar-refractivity contribution in [1.82, 2.24) is 15.5 Å². The second-order valence-electron chi connectivity index (χ2n) is 10.5. The molecule has 1 aromatic rings. The summed E-state index contributed by atoms with van der Waals surface area (Å²) in [6, 6.07) is 8.03. The van der Waals surface area contributed by atoms with E-state index in [4.69, 9.17) is 4.79 Å². The zero-order chi connectivity index (χ0) is 28.5. The monoisotopic (exact) mass is 531 g/mol. The average Bonchev–Trinajstić information content (AvgIpc) is 2.91. The highest BCUT2D eigenvalue weighted by Crippen LogP contribution is 2.26. The van der Waals surface area contributed by atoms with Gasteiger partial charge in [0.05, 0.1) is 5.92 Å². The maximum absolute atomic E-state index is 13.0. The predicted molar refractivity (Wildman–Crippen MR) is 157 cm³/mol. The lowest BCUT2D eigenvalue weighted by Gasteiger charge is -2.36. The van der Waals surface area contributed by atoms with Crippen molar-refractivity contribution in [3.63, 3.8) is 0 Å². The van der Waals surface area contributed by atoms with Crippen molar-refractivity contribution in [2.45, 2.75) is 92.2 Å². The summed E-state index contributed by atoms with van der Waals surface area (Å²) in [6.45, 7) is 18.1. The molecule has 2 fully saturated rings. The lowest BCUT2D eigenvalue weighted by molar-refractivity contribution is -0.127. The largest absolute Gasteiger partial charge is 0.372 e. The van der Waals surface area contributed by atoms with Gasteiger partial charge in [0.25, 0.3) is 5.91 Å². The molecular weight excluding hydrogens is 478 g/mol. The molecule has 38 heavy (non-hydrogen) atoms. The van der Waals surface area contributed by atoms with Crippen molar-refractivity contribution >= 4 is 23.9 Å². The summed E-state index contributed by atoms with van der Waals surface area (Å²) >= 11 is 0. The van der Waals surface area contributed by atoms with Crippen molar-refractivity contribution in [2.24, 2.45) is 17.6 Å². The third-order valence-electron chi connectivity index (χ3n) is 7.04. The van der Waals surface area contributed by atoms with Crippen LogP contribution >= 0.6 is 0 Å². The van der Waals surface area contributed by atoms with E-state index in [2.05, 4.69) is 66.0 Å². The van der Waals surface area contributed by atoms with Crippen molar-refractivity contribution < 1.29 is 14.4 Å². The van der Waals surface area contributed by atoms with Gasteiger partial charge in [-0.1, -0.05) is 47.5 Å². The van der Waals surface area contributed by atoms with E-state index < -0.39 is 0 Å². The van der Waals surface area contributed by atoms with Gasteiger partial charge >= 0.3 is 0 Å². The number of nitrogens with one attached hydrogen (secondary N) is 2. The zero-order valence-electron chi connectivity index (χ0n) is 24.7. The van der Waals surface area contributed by atoms with Gasteiger partial charge in [0.1, 0.15) is 0 Å². The van der Waals surface area contributed by atoms with E-state index in [9.17, 15) is 9.59 Å². The summed E-state index contributed by atoms with van der Waals surface area (Å²) in [5.41, 5.74) is 6.01. The molecule has 216 valence electrons. The third kappa shape index (κ3) is 11.4. The number of benzene rings is 1. The van der Waals surface area contributed by atoms with E-state index in [1.165, 1.54) is 18.7 Å². The van der Waals surface area contributed by atoms with Crippen LogP contribution in [0.15, 0.2) is 24.3 Å². The number of hydrogen-bond donors (Lipinski definition) is 3. The standard InChI is InChI=1S/C27H44N4O2.C2H6.CH3NO/c1-5-14-30-15-17-31(18-16-30)23-12-10-22(11-13-23)26(32)29-25-9-7-6-8-24(25)27(33)28-21(4)19-20(2)3;1-2;2-1-3/h10-13,20-21,24-25H,5-9,14-19H2,1-4H3,(H,28,33)(H,29,32);1-2H3;1H,(H2,2,3). The molecule has 8 heteroatoms. The molecule has 1 aliphatic carbocycles. The normalized spacial score (nSPS) is 20.2. The highest BCUT2D eigenvalue weighted by Gasteiger charge is 2.32. The molecule has 8 nitrogen and oxygen atoms in total. The van der Waals surface area contributed by atoms with Crippen LogP contribution in [0.5, 0.6) is 0 Å². The molecule has 0 bridgehead atoms. The van der Waals surface area contributed by atoms with E-state index in [0.29, 0.717) is 11.5 Å². The molecule has 1 heterocycles. The minimum Gasteiger partial charge on any atom is -0.372 e. The Morgan fingerprint density at radius 1 is 1.03 bits per heavy atom. The quantitative estimate of drug-likeness (QED) is 0.414. The molecule has 1 saturated heterocycles. The number of anilines is 1. The smallest absolute Gasteiger partial charge is 0.251 e. The Kier molecular flexibility index (Phi) is 16.4. The van der Waals surface area contributed by atoms with Crippen molar-refractivity contribution in [2.75, 3.05) is 37.6 Å². The van der Waals surface area contributed by atoms with E-state index in [1.54, 1.807) is 0 Å². The summed E-state index contributed by atoms with van der Waals surface area (Å²) in [5.74, 6) is 0.418. The van der Waals surface area contributed by atoms with Crippen molar-refractivity contribution in [3.05, 3.63) is 29.8 Å². The van der Waals surface area contributed by atoms with Crippen molar-refractivity contribution in [3.8, 4) is 0 Å². The highest BCUT2D eigenvalue weighted by atomic mass is 16.2. The predicted octanol–water partition coefficient (Wildman–Crippen LogP) is 4.19. The average molecular weight is 532 g/mol. The molecule has 3 unspecified atom stereocenters. The Hall–Kier alpha value is -2.61. The first kappa shape index (κ1) is 33.4. The SMILES string of the molecule is CC.CCCN1CCN(c2ccc(C(=O)NC3CCCCC3C(=O)NC(C)CC(C)C)cc2)CC1.NC=O. The molecule has 0 radical (unpaired) electrons. The minimum absolute atomic E-state index is 0.0748. The zero-order valence-corrected chi connectivity index (χ0v) is 24.7. The number of primary amides is 1. The van der Waals surface area contributed by atoms with Crippen LogP contribution in [0.25, 0.3) is 0 Å². The summed E-state index contributed by atoms with van der Waals surface area (Å²) in [6.07, 6.45) is 6.22. The van der Waals surface area contributed by atoms with Gasteiger partial charge in [0, 0.05) is 49.5 Å². The molecule has 1 aliphatic heterocycles. The second kappa shape index (κ2) is 18.6. The van der Waals surface area contributed by atoms with Crippen molar-refractivity contribution in [1.29, 1.82) is 0 Å². The number of hydrogen-bond acceptors (Lipinski definition) is 5. The number of nitrogens with zero attached hydrogens (tertiary/aromatic N) is 2. The number of nitrogens with two attached hydrogens (primary N) is 1. The number of carbonyl (C=O) groups is 3. The van der Waals surface area contributed by atoms with E-state index in [0.717, 1.165) is 58.3 Å². The van der Waals surface area contributed by atoms with Gasteiger partial charge in [-0.25, -0.2) is 0 Å². The Balaban J connectivity index is 0.00000135. The van der Waals surface area contributed by atoms with Crippen LogP contribution in [0.2, 0.25) is 0 Å². The summed E-state index contributed by atoms with van der Waals surface area (Å²) < 4.78 is 0. The molecule has 0 aromatic heterocycles. The molecule has 1 saturated carbocycles. The first-order valence-electron chi connectivity index (χ1n) is 14.6. The van der Waals surface area contributed by atoms with Crippen LogP contribution in [0.3, 0.4) is 0 Å². The van der Waals surface area contributed by atoms with Gasteiger partial charge in [-0.15, -0.1) is 0 Å². The first-order valence-corrected chi connectivity index (χ1v) is 14.6. The number of rotatable bonds is 9. The Labute approximate surface area is 231 Å². The Bertz CT molecular complexity index is 807. The second-order valence-corrected chi connectivity index (χ2v) is 10.5. The van der Waals surface area contributed by atoms with Gasteiger partial charge in [-0.2, -0.15) is 0 Å². The van der Waals surface area contributed by atoms with E-state index >= 15 is 0 Å². The highest BCUT2D eigenvalue weighted by molar-refractivity contribution is 5.95. The molecule has 0 spiro atoms. The Morgan fingerprint density at radius 3 is 2.16 bits per heavy atom. The molecule has 3 rings (SSSR count). The number of amides is 3. The molecule has 1 aromatic carbocycles. The van der Waals surface area contributed by atoms with Crippen LogP contribution in [0.1, 0.15) is 90.4 Å². The molecule has 3 amide bonds. The Morgan fingerprint density at radius 2 is 1.61 bits per heavy atom. The van der Waals surface area contributed by atoms with Gasteiger partial charge in [0.15, 0.2) is 0 Å². The topological polar surface area (TPSA) is 108 Å². The summed E-state index contributed by atoms with van der Waals surface area (Å²) in [7, 11) is 0. The molecule has 2 aliphatic rings. The fourth-order valence-corrected chi connectivity index (χ4v) is 5.35. The fraction of sp³-hybridized carbons (Fsp3) is 0.700. The van der Waals surface area contributed by atoms with E-state index in [-0.39, 0.29) is 36.2 Å². The van der Waals surface area contributed by atoms with Crippen LogP contribution in [0.4, 0.5) is 5.69 Å². The summed E-state index contributed by atoms with van der Waals surface area (Å²) in [4.78, 5) is 39.4. The van der Waals surface area contributed by atoms with Gasteiger partial charge in [0.2, 0.25) is 12.3 Å². The number of piperazine rings is 1. The number of carbonyl (C=O) groups excluding carboxylic acids is 3. The molecule has 4 N–H and O–H groups in total. The fourth-order valence-electron chi connectivity index (χ4n) is 5.35. The molecular formula is C30H53N5O3. The van der Waals surface area contributed by atoms with Crippen LogP contribution in [-0.2, 0) is 9.59 Å². The molecule has 3 atom stereocenters. The lowest BCUT2D eigenvalue weighted by Crippen LogP contribution is -2.50. The first-order chi connectivity index (χ1) is 18.3. The van der Waals surface area contributed by atoms with Gasteiger partial charge < -0.3 is 21.3 Å². The van der Waals surface area contributed by atoms with Crippen LogP contribution in [0, 0.1) is 11.8 Å². The third-order valence-corrected chi connectivity index (χ3v) is 7.04.